The van der Waals surface area contributed by atoms with Gasteiger partial charge in [0.2, 0.25) is 0 Å². The summed E-state index contributed by atoms with van der Waals surface area (Å²) in [5.74, 6) is 0.616. The second kappa shape index (κ2) is 11.8. The number of aliphatic carboxylic acids is 1. The molecule has 0 saturated heterocycles. The molecule has 10 heteroatoms. The molecule has 0 fully saturated rings. The number of hydrogen-bond donors (Lipinski definition) is 1. The molecule has 1 unspecified atom stereocenters. The minimum absolute atomic E-state index is 0.170. The molecule has 2 heterocycles. The number of methoxy groups -OCH3 is 1. The van der Waals surface area contributed by atoms with E-state index < -0.39 is 17.7 Å². The van der Waals surface area contributed by atoms with Crippen LogP contribution in [-0.4, -0.2) is 33.0 Å². The third kappa shape index (κ3) is 6.14. The van der Waals surface area contributed by atoms with E-state index in [0.717, 1.165) is 28.2 Å². The van der Waals surface area contributed by atoms with Crippen LogP contribution in [0.25, 0.3) is 5.69 Å². The topological polar surface area (TPSA) is 86.5 Å². The maximum Gasteiger partial charge on any atom is 0.300 e. The number of benzene rings is 2. The predicted molar refractivity (Wildman–Crippen MR) is 132 cm³/mol. The lowest BCUT2D eigenvalue weighted by atomic mass is 9.99. The van der Waals surface area contributed by atoms with E-state index in [1.54, 1.807) is 17.7 Å². The molecule has 3 aromatic rings. The highest BCUT2D eigenvalue weighted by molar-refractivity contribution is 9.10. The Hall–Kier alpha value is -2.49. The fourth-order valence-electron chi connectivity index (χ4n) is 3.38. The van der Waals surface area contributed by atoms with Gasteiger partial charge in [-0.3, -0.25) is 9.36 Å². The summed E-state index contributed by atoms with van der Waals surface area (Å²) in [6.07, 6.45) is -0.449. The van der Waals surface area contributed by atoms with Gasteiger partial charge in [-0.1, -0.05) is 37.6 Å². The molecule has 0 amide bonds. The third-order valence-electron chi connectivity index (χ3n) is 4.65. The maximum atomic E-state index is 14.8. The van der Waals surface area contributed by atoms with Gasteiger partial charge in [-0.05, 0) is 54.0 Å². The van der Waals surface area contributed by atoms with E-state index in [4.69, 9.17) is 31.0 Å². The second-order valence-electron chi connectivity index (χ2n) is 7.52. The average molecular weight is 557 g/mol. The Morgan fingerprint density at radius 1 is 1.26 bits per heavy atom. The number of aromatic nitrogens is 3. The number of halogens is 3. The molecule has 1 aliphatic rings. The summed E-state index contributed by atoms with van der Waals surface area (Å²) in [5, 5.41) is 16.2. The molecule has 7 nitrogen and oxygen atoms in total. The molecule has 2 aromatic carbocycles. The van der Waals surface area contributed by atoms with Crippen LogP contribution in [-0.2, 0) is 21.8 Å². The minimum atomic E-state index is -1.67. The van der Waals surface area contributed by atoms with Gasteiger partial charge in [0.25, 0.3) is 5.97 Å². The molecule has 1 aliphatic heterocycles. The van der Waals surface area contributed by atoms with Gasteiger partial charge in [-0.2, -0.15) is 0 Å². The summed E-state index contributed by atoms with van der Waals surface area (Å²) >= 11 is 9.92. The molecule has 1 N–H and O–H groups in total. The summed E-state index contributed by atoms with van der Waals surface area (Å²) in [5.41, 5.74) is 0.744. The van der Waals surface area contributed by atoms with Gasteiger partial charge < -0.3 is 14.6 Å². The van der Waals surface area contributed by atoms with Gasteiger partial charge in [0.05, 0.1) is 17.3 Å². The van der Waals surface area contributed by atoms with E-state index in [-0.39, 0.29) is 12.4 Å². The Kier molecular flexibility index (Phi) is 9.61. The Morgan fingerprint density at radius 3 is 2.50 bits per heavy atom. The Labute approximate surface area is 212 Å². The number of carboxylic acids is 1. The number of hydrogen-bond acceptors (Lipinski definition) is 5. The van der Waals surface area contributed by atoms with Crippen molar-refractivity contribution < 1.29 is 23.8 Å². The number of ether oxygens (including phenoxy) is 2. The van der Waals surface area contributed by atoms with Gasteiger partial charge in [-0.15, -0.1) is 10.2 Å². The number of rotatable bonds is 3. The normalized spacial score (nSPS) is 14.3. The molecule has 0 saturated carbocycles. The van der Waals surface area contributed by atoms with Crippen LogP contribution in [0.2, 0.25) is 5.02 Å². The number of alkyl halides is 1. The van der Waals surface area contributed by atoms with Crippen LogP contribution in [0.1, 0.15) is 63.5 Å². The van der Waals surface area contributed by atoms with Gasteiger partial charge in [-0.25, -0.2) is 4.39 Å². The molecule has 34 heavy (non-hydrogen) atoms. The summed E-state index contributed by atoms with van der Waals surface area (Å²) in [7, 11) is 1.61. The first-order chi connectivity index (χ1) is 16.0. The van der Waals surface area contributed by atoms with Crippen molar-refractivity contribution in [3.63, 3.8) is 0 Å². The van der Waals surface area contributed by atoms with Crippen LogP contribution in [0.3, 0.4) is 0 Å². The zero-order valence-corrected chi connectivity index (χ0v) is 22.2. The van der Waals surface area contributed by atoms with Crippen LogP contribution >= 0.6 is 27.5 Å². The summed E-state index contributed by atoms with van der Waals surface area (Å²) in [6, 6.07) is 11.2. The van der Waals surface area contributed by atoms with Gasteiger partial charge >= 0.3 is 0 Å². The van der Waals surface area contributed by atoms with Crippen LogP contribution < -0.4 is 4.74 Å². The standard InChI is InChI=1S/C20H18BrClFN3O2.C2H4O2.C2H6/c1-20(2,23)19-25-24-16-10-28-18(12-5-4-6-15(27-3)17(12)21)13-9-11(22)7-8-14(13)26(16)19;1-2(3)4;1-2/h4-9,18H,10H2,1-3H3;1H3,(H,3,4);1-2H3. The quantitative estimate of drug-likeness (QED) is 0.389. The SMILES string of the molecule is CC.CC(=O)O.COc1cccc(C2OCc3nnc(C(C)(C)F)n3-c3ccc(Cl)cc32)c1Br. The molecule has 1 atom stereocenters. The molecular weight excluding hydrogens is 529 g/mol. The number of carboxylic acid groups (broad SMARTS) is 1. The zero-order chi connectivity index (χ0) is 25.6. The van der Waals surface area contributed by atoms with E-state index in [9.17, 15) is 4.39 Å². The van der Waals surface area contributed by atoms with Crippen LogP contribution in [0.4, 0.5) is 4.39 Å². The second-order valence-corrected chi connectivity index (χ2v) is 8.75. The van der Waals surface area contributed by atoms with Crippen molar-refractivity contribution in [3.05, 3.63) is 68.7 Å². The van der Waals surface area contributed by atoms with E-state index in [1.165, 1.54) is 13.8 Å². The van der Waals surface area contributed by atoms with E-state index in [2.05, 4.69) is 26.1 Å². The van der Waals surface area contributed by atoms with Crippen molar-refractivity contribution in [2.24, 2.45) is 0 Å². The van der Waals surface area contributed by atoms with Gasteiger partial charge in [0.15, 0.2) is 17.3 Å². The monoisotopic (exact) mass is 555 g/mol. The lowest BCUT2D eigenvalue weighted by Gasteiger charge is -2.22. The molecule has 0 aliphatic carbocycles. The average Bonchev–Trinajstić information content (AvgIpc) is 3.14. The van der Waals surface area contributed by atoms with E-state index in [0.29, 0.717) is 16.6 Å². The highest BCUT2D eigenvalue weighted by Crippen LogP contribution is 2.42. The van der Waals surface area contributed by atoms with E-state index >= 15 is 0 Å². The summed E-state index contributed by atoms with van der Waals surface area (Å²) in [4.78, 5) is 9.00. The molecule has 184 valence electrons. The van der Waals surface area contributed by atoms with Crippen molar-refractivity contribution in [1.82, 2.24) is 14.8 Å². The van der Waals surface area contributed by atoms with Gasteiger partial charge in [0.1, 0.15) is 18.5 Å². The molecule has 1 aromatic heterocycles. The van der Waals surface area contributed by atoms with Crippen LogP contribution in [0.5, 0.6) is 5.75 Å². The smallest absolute Gasteiger partial charge is 0.300 e. The van der Waals surface area contributed by atoms with Gasteiger partial charge in [0, 0.05) is 23.1 Å². The summed E-state index contributed by atoms with van der Waals surface area (Å²) < 4.78 is 29.0. The Morgan fingerprint density at radius 2 is 1.91 bits per heavy atom. The molecule has 4 rings (SSSR count). The number of fused-ring (bicyclic) bond motifs is 3. The molecular formula is C24H28BrClFN3O4. The fourth-order valence-corrected chi connectivity index (χ4v) is 4.19. The maximum absolute atomic E-state index is 14.8. The largest absolute Gasteiger partial charge is 0.496 e. The molecule has 0 bridgehead atoms. The van der Waals surface area contributed by atoms with Crippen molar-refractivity contribution in [2.75, 3.05) is 7.11 Å². The van der Waals surface area contributed by atoms with Crippen molar-refractivity contribution >= 4 is 33.5 Å². The third-order valence-corrected chi connectivity index (χ3v) is 5.73. The first-order valence-corrected chi connectivity index (χ1v) is 11.8. The first kappa shape index (κ1) is 27.8. The molecule has 0 radical (unpaired) electrons. The van der Waals surface area contributed by atoms with Crippen molar-refractivity contribution in [1.29, 1.82) is 0 Å². The van der Waals surface area contributed by atoms with Crippen molar-refractivity contribution in [2.45, 2.75) is 53.0 Å². The lowest BCUT2D eigenvalue weighted by molar-refractivity contribution is -0.134. The lowest BCUT2D eigenvalue weighted by Crippen LogP contribution is -2.18. The summed E-state index contributed by atoms with van der Waals surface area (Å²) in [6.45, 7) is 8.17. The Balaban J connectivity index is 0.000000618. The number of nitrogens with zero attached hydrogens (tertiary/aromatic N) is 3. The predicted octanol–water partition coefficient (Wildman–Crippen LogP) is 6.63. The first-order valence-electron chi connectivity index (χ1n) is 10.6. The fraction of sp³-hybridized carbons (Fsp3) is 0.375. The number of carbonyl (C=O) groups is 1. The highest BCUT2D eigenvalue weighted by atomic mass is 79.9. The highest BCUT2D eigenvalue weighted by Gasteiger charge is 2.34. The molecule has 0 spiro atoms. The minimum Gasteiger partial charge on any atom is -0.496 e. The van der Waals surface area contributed by atoms with E-state index in [1.807, 2.05) is 44.2 Å². The van der Waals surface area contributed by atoms with Crippen LogP contribution in [0, 0.1) is 0 Å². The Bertz CT molecular complexity index is 1140. The van der Waals surface area contributed by atoms with Crippen molar-refractivity contribution in [3.8, 4) is 11.4 Å². The zero-order valence-electron chi connectivity index (χ0n) is 19.9. The van der Waals surface area contributed by atoms with Crippen LogP contribution in [0.15, 0.2) is 40.9 Å².